The quantitative estimate of drug-likeness (QED) is 0.721. The maximum atomic E-state index is 6.04. The molecule has 1 N–H and O–H groups in total. The Morgan fingerprint density at radius 3 is 2.47 bits per heavy atom. The van der Waals surface area contributed by atoms with Crippen LogP contribution in [0.3, 0.4) is 0 Å². The fourth-order valence-corrected chi connectivity index (χ4v) is 3.00. The maximum absolute atomic E-state index is 6.04. The third kappa shape index (κ3) is 4.84. The van der Waals surface area contributed by atoms with Gasteiger partial charge in [-0.2, -0.15) is 11.8 Å². The molecule has 5 heteroatoms. The summed E-state index contributed by atoms with van der Waals surface area (Å²) in [5.74, 6) is 1.66. The number of aromatic nitrogens is 2. The molecule has 3 nitrogen and oxygen atoms in total. The fraction of sp³-hybridized carbons (Fsp3) is 0.714. The zero-order valence-corrected chi connectivity index (χ0v) is 13.9. The molecule has 0 aliphatic rings. The van der Waals surface area contributed by atoms with Gasteiger partial charge in [-0.05, 0) is 25.5 Å². The van der Waals surface area contributed by atoms with Crippen molar-refractivity contribution in [2.45, 2.75) is 51.2 Å². The van der Waals surface area contributed by atoms with Gasteiger partial charge in [0.15, 0.2) is 0 Å². The van der Waals surface area contributed by atoms with Gasteiger partial charge in [0, 0.05) is 23.8 Å². The standard InChI is InChI=1S/C14H24ClN3S/c1-5-8-12-17-11(15)9-13(18-12)16-10-14(6-2,7-3)19-4/h9H,5-8,10H2,1-4H3,(H,16,17,18). The van der Waals surface area contributed by atoms with Gasteiger partial charge in [0.1, 0.15) is 16.8 Å². The van der Waals surface area contributed by atoms with Crippen LogP contribution in [0.15, 0.2) is 6.07 Å². The van der Waals surface area contributed by atoms with E-state index in [9.17, 15) is 0 Å². The number of anilines is 1. The van der Waals surface area contributed by atoms with Gasteiger partial charge in [-0.3, -0.25) is 0 Å². The highest BCUT2D eigenvalue weighted by Gasteiger charge is 2.24. The first-order valence-electron chi connectivity index (χ1n) is 6.91. The Labute approximate surface area is 125 Å². The molecule has 108 valence electrons. The van der Waals surface area contributed by atoms with E-state index in [1.54, 1.807) is 6.07 Å². The second kappa shape index (κ2) is 7.95. The first kappa shape index (κ1) is 16.6. The zero-order chi connectivity index (χ0) is 14.3. The molecule has 0 saturated heterocycles. The van der Waals surface area contributed by atoms with E-state index in [4.69, 9.17) is 11.6 Å². The summed E-state index contributed by atoms with van der Waals surface area (Å²) in [4.78, 5) is 8.75. The number of aryl methyl sites for hydroxylation is 1. The summed E-state index contributed by atoms with van der Waals surface area (Å²) >= 11 is 7.96. The molecular formula is C14H24ClN3S. The Morgan fingerprint density at radius 2 is 1.95 bits per heavy atom. The van der Waals surface area contributed by atoms with Crippen molar-refractivity contribution in [2.75, 3.05) is 18.1 Å². The summed E-state index contributed by atoms with van der Waals surface area (Å²) in [6.07, 6.45) is 6.34. The van der Waals surface area contributed by atoms with Crippen LogP contribution in [0.5, 0.6) is 0 Å². The van der Waals surface area contributed by atoms with E-state index in [-0.39, 0.29) is 4.75 Å². The normalized spacial score (nSPS) is 11.6. The van der Waals surface area contributed by atoms with Crippen LogP contribution in [0.4, 0.5) is 5.82 Å². The molecule has 0 radical (unpaired) electrons. The topological polar surface area (TPSA) is 37.8 Å². The van der Waals surface area contributed by atoms with Crippen molar-refractivity contribution in [2.24, 2.45) is 0 Å². The van der Waals surface area contributed by atoms with Gasteiger partial charge < -0.3 is 5.32 Å². The number of nitrogens with one attached hydrogen (secondary N) is 1. The predicted molar refractivity (Wildman–Crippen MR) is 86.4 cm³/mol. The summed E-state index contributed by atoms with van der Waals surface area (Å²) in [7, 11) is 0. The van der Waals surface area contributed by atoms with Gasteiger partial charge in [-0.25, -0.2) is 9.97 Å². The number of hydrogen-bond acceptors (Lipinski definition) is 4. The van der Waals surface area contributed by atoms with Crippen LogP contribution < -0.4 is 5.32 Å². The van der Waals surface area contributed by atoms with Gasteiger partial charge in [0.2, 0.25) is 0 Å². The predicted octanol–water partition coefficient (Wildman–Crippen LogP) is 4.42. The Bertz CT molecular complexity index is 386. The van der Waals surface area contributed by atoms with E-state index in [2.05, 4.69) is 42.3 Å². The van der Waals surface area contributed by atoms with Gasteiger partial charge >= 0.3 is 0 Å². The molecule has 0 atom stereocenters. The molecule has 0 aromatic carbocycles. The number of nitrogens with zero attached hydrogens (tertiary/aromatic N) is 2. The Morgan fingerprint density at radius 1 is 1.26 bits per heavy atom. The van der Waals surface area contributed by atoms with Crippen LogP contribution in [-0.4, -0.2) is 27.5 Å². The number of thioether (sulfide) groups is 1. The van der Waals surface area contributed by atoms with E-state index >= 15 is 0 Å². The third-order valence-corrected chi connectivity index (χ3v) is 5.31. The van der Waals surface area contributed by atoms with Crippen LogP contribution in [0.25, 0.3) is 0 Å². The second-order valence-electron chi connectivity index (χ2n) is 4.69. The lowest BCUT2D eigenvalue weighted by atomic mass is 10.0. The van der Waals surface area contributed by atoms with Gasteiger partial charge in [-0.1, -0.05) is 32.4 Å². The van der Waals surface area contributed by atoms with E-state index in [0.29, 0.717) is 5.15 Å². The Balaban J connectivity index is 2.76. The van der Waals surface area contributed by atoms with Crippen LogP contribution in [0, 0.1) is 0 Å². The lowest BCUT2D eigenvalue weighted by Gasteiger charge is -2.30. The van der Waals surface area contributed by atoms with Crippen molar-refractivity contribution in [3.8, 4) is 0 Å². The SMILES string of the molecule is CCCc1nc(Cl)cc(NCC(CC)(CC)SC)n1. The molecule has 0 saturated carbocycles. The zero-order valence-electron chi connectivity index (χ0n) is 12.3. The van der Waals surface area contributed by atoms with Crippen molar-refractivity contribution in [3.63, 3.8) is 0 Å². The van der Waals surface area contributed by atoms with Crippen molar-refractivity contribution < 1.29 is 0 Å². The first-order valence-corrected chi connectivity index (χ1v) is 8.51. The molecule has 19 heavy (non-hydrogen) atoms. The molecule has 1 rings (SSSR count). The lowest BCUT2D eigenvalue weighted by Crippen LogP contribution is -2.32. The van der Waals surface area contributed by atoms with Crippen LogP contribution in [0.2, 0.25) is 5.15 Å². The molecular weight excluding hydrogens is 278 g/mol. The highest BCUT2D eigenvalue weighted by Crippen LogP contribution is 2.30. The summed E-state index contributed by atoms with van der Waals surface area (Å²) in [6.45, 7) is 7.48. The van der Waals surface area contributed by atoms with Crippen molar-refractivity contribution >= 4 is 29.2 Å². The highest BCUT2D eigenvalue weighted by molar-refractivity contribution is 8.00. The minimum absolute atomic E-state index is 0.266. The number of halogens is 1. The van der Waals surface area contributed by atoms with Crippen molar-refractivity contribution in [3.05, 3.63) is 17.0 Å². The molecule has 0 unspecified atom stereocenters. The maximum Gasteiger partial charge on any atom is 0.134 e. The van der Waals surface area contributed by atoms with E-state index < -0.39 is 0 Å². The van der Waals surface area contributed by atoms with E-state index in [1.165, 1.54) is 0 Å². The third-order valence-electron chi connectivity index (χ3n) is 3.53. The van der Waals surface area contributed by atoms with Crippen LogP contribution in [-0.2, 0) is 6.42 Å². The van der Waals surface area contributed by atoms with E-state index in [0.717, 1.165) is 43.9 Å². The molecule has 0 aliphatic heterocycles. The summed E-state index contributed by atoms with van der Waals surface area (Å²) < 4.78 is 0.266. The Kier molecular flexibility index (Phi) is 6.94. The average Bonchev–Trinajstić information content (AvgIpc) is 2.41. The first-order chi connectivity index (χ1) is 9.09. The molecule has 0 aliphatic carbocycles. The molecule has 0 spiro atoms. The highest BCUT2D eigenvalue weighted by atomic mass is 35.5. The second-order valence-corrected chi connectivity index (χ2v) is 6.35. The molecule has 0 amide bonds. The smallest absolute Gasteiger partial charge is 0.134 e. The molecule has 1 aromatic rings. The number of rotatable bonds is 8. The average molecular weight is 302 g/mol. The van der Waals surface area contributed by atoms with Gasteiger partial charge in [0.25, 0.3) is 0 Å². The van der Waals surface area contributed by atoms with Crippen molar-refractivity contribution in [1.82, 2.24) is 9.97 Å². The fourth-order valence-electron chi connectivity index (χ4n) is 2.00. The molecule has 0 bridgehead atoms. The minimum atomic E-state index is 0.266. The molecule has 1 heterocycles. The Hall–Kier alpha value is -0.480. The van der Waals surface area contributed by atoms with Crippen LogP contribution >= 0.6 is 23.4 Å². The summed E-state index contributed by atoms with van der Waals surface area (Å²) in [6, 6.07) is 1.80. The van der Waals surface area contributed by atoms with Crippen molar-refractivity contribution in [1.29, 1.82) is 0 Å². The largest absolute Gasteiger partial charge is 0.369 e. The monoisotopic (exact) mass is 301 g/mol. The summed E-state index contributed by atoms with van der Waals surface area (Å²) in [5.41, 5.74) is 0. The molecule has 1 aromatic heterocycles. The molecule has 0 fully saturated rings. The number of hydrogen-bond donors (Lipinski definition) is 1. The summed E-state index contributed by atoms with van der Waals surface area (Å²) in [5, 5.41) is 3.94. The van der Waals surface area contributed by atoms with Gasteiger partial charge in [0.05, 0.1) is 0 Å². The minimum Gasteiger partial charge on any atom is -0.369 e. The van der Waals surface area contributed by atoms with E-state index in [1.807, 2.05) is 11.8 Å². The lowest BCUT2D eigenvalue weighted by molar-refractivity contribution is 0.573. The van der Waals surface area contributed by atoms with Crippen LogP contribution in [0.1, 0.15) is 45.9 Å². The van der Waals surface area contributed by atoms with Gasteiger partial charge in [-0.15, -0.1) is 0 Å².